The summed E-state index contributed by atoms with van der Waals surface area (Å²) in [4.78, 5) is 15.2. The molecule has 1 heterocycles. The number of pyridine rings is 1. The van der Waals surface area contributed by atoms with E-state index in [2.05, 4.69) is 14.5 Å². The summed E-state index contributed by atoms with van der Waals surface area (Å²) < 4.78 is 57.9. The van der Waals surface area contributed by atoms with Gasteiger partial charge in [-0.3, -0.25) is 4.98 Å². The van der Waals surface area contributed by atoms with E-state index >= 15 is 0 Å². The summed E-state index contributed by atoms with van der Waals surface area (Å²) in [6.07, 6.45) is -4.02. The predicted octanol–water partition coefficient (Wildman–Crippen LogP) is 3.23. The van der Waals surface area contributed by atoms with Crippen LogP contribution in [0.1, 0.15) is 23.0 Å². The second-order valence-corrected chi connectivity index (χ2v) is 4.32. The van der Waals surface area contributed by atoms with Gasteiger partial charge in [0.05, 0.1) is 15.9 Å². The summed E-state index contributed by atoms with van der Waals surface area (Å²) in [5.41, 5.74) is -1.10. The molecule has 0 unspecified atom stereocenters. The normalized spacial score (nSPS) is 11.3. The number of ether oxygens (including phenoxy) is 2. The van der Waals surface area contributed by atoms with Crippen LogP contribution in [0.5, 0.6) is 5.75 Å². The predicted molar refractivity (Wildman–Crippen MR) is 64.4 cm³/mol. The molecule has 0 saturated heterocycles. The van der Waals surface area contributed by atoms with E-state index in [4.69, 9.17) is 0 Å². The Balaban J connectivity index is 3.36. The lowest BCUT2D eigenvalue weighted by Crippen LogP contribution is -2.22. The number of hydrogen-bond acceptors (Lipinski definition) is 4. The van der Waals surface area contributed by atoms with E-state index in [0.29, 0.717) is 0 Å². The van der Waals surface area contributed by atoms with Crippen molar-refractivity contribution >= 4 is 28.6 Å². The zero-order valence-electron chi connectivity index (χ0n) is 9.55. The van der Waals surface area contributed by atoms with Crippen LogP contribution >= 0.6 is 22.6 Å². The van der Waals surface area contributed by atoms with Gasteiger partial charge in [-0.05, 0) is 29.5 Å². The molecule has 0 aliphatic carbocycles. The third kappa shape index (κ3) is 4.18. The maximum Gasteiger partial charge on any atom is 0.573 e. The number of hydrogen-bond donors (Lipinski definition) is 0. The van der Waals surface area contributed by atoms with Gasteiger partial charge in [-0.15, -0.1) is 13.2 Å². The summed E-state index contributed by atoms with van der Waals surface area (Å²) in [5, 5.41) is 0. The molecule has 0 N–H and O–H groups in total. The first-order valence-corrected chi connectivity index (χ1v) is 6.04. The van der Waals surface area contributed by atoms with Crippen molar-refractivity contribution in [2.75, 3.05) is 6.61 Å². The van der Waals surface area contributed by atoms with Gasteiger partial charge in [0.1, 0.15) is 12.2 Å². The van der Waals surface area contributed by atoms with Crippen LogP contribution in [0.15, 0.2) is 6.20 Å². The van der Waals surface area contributed by atoms with Crippen LogP contribution in [0.3, 0.4) is 0 Å². The quantitative estimate of drug-likeness (QED) is 0.448. The molecule has 9 heteroatoms. The van der Waals surface area contributed by atoms with Crippen molar-refractivity contribution in [2.24, 2.45) is 0 Å². The van der Waals surface area contributed by atoms with Crippen molar-refractivity contribution in [2.45, 2.75) is 20.0 Å². The molecule has 0 fully saturated rings. The number of carbonyl (C=O) groups excluding carboxylic acids is 1. The van der Waals surface area contributed by atoms with Gasteiger partial charge in [0.15, 0.2) is 5.75 Å². The van der Waals surface area contributed by atoms with E-state index in [1.807, 2.05) is 0 Å². The lowest BCUT2D eigenvalue weighted by Gasteiger charge is -2.15. The lowest BCUT2D eigenvalue weighted by molar-refractivity contribution is -0.275. The van der Waals surface area contributed by atoms with Gasteiger partial charge in [-0.2, -0.15) is 0 Å². The number of esters is 1. The molecule has 0 aliphatic heterocycles. The van der Waals surface area contributed by atoms with Gasteiger partial charge in [0.2, 0.25) is 0 Å². The monoisotopic (exact) mass is 393 g/mol. The number of halogens is 5. The first kappa shape index (κ1) is 15.9. The highest BCUT2D eigenvalue weighted by Gasteiger charge is 2.35. The summed E-state index contributed by atoms with van der Waals surface area (Å²) in [7, 11) is 0. The third-order valence-corrected chi connectivity index (χ3v) is 2.66. The molecule has 1 aromatic heterocycles. The Bertz CT molecular complexity index is 479. The Morgan fingerprint density at radius 1 is 1.47 bits per heavy atom. The van der Waals surface area contributed by atoms with Gasteiger partial charge in [-0.1, -0.05) is 0 Å². The number of alkyl halides is 4. The summed E-state index contributed by atoms with van der Waals surface area (Å²) in [6, 6.07) is 0. The van der Waals surface area contributed by atoms with Crippen LogP contribution < -0.4 is 4.74 Å². The maximum atomic E-state index is 12.7. The van der Waals surface area contributed by atoms with Crippen molar-refractivity contribution in [3.8, 4) is 5.75 Å². The topological polar surface area (TPSA) is 48.4 Å². The molecule has 0 aromatic carbocycles. The minimum absolute atomic E-state index is 0.0680. The average molecular weight is 393 g/mol. The highest BCUT2D eigenvalue weighted by molar-refractivity contribution is 14.1. The van der Waals surface area contributed by atoms with Crippen LogP contribution in [-0.2, 0) is 11.4 Å². The highest BCUT2D eigenvalue weighted by Crippen LogP contribution is 2.33. The van der Waals surface area contributed by atoms with Gasteiger partial charge in [0, 0.05) is 6.20 Å². The van der Waals surface area contributed by atoms with Crippen molar-refractivity contribution in [3.63, 3.8) is 0 Å². The molecule has 0 amide bonds. The van der Waals surface area contributed by atoms with Crippen molar-refractivity contribution in [1.29, 1.82) is 0 Å². The Kier molecular flexibility index (Phi) is 5.32. The number of aromatic nitrogens is 1. The Hall–Kier alpha value is -1.13. The van der Waals surface area contributed by atoms with Gasteiger partial charge in [-0.25, -0.2) is 9.18 Å². The number of carbonyl (C=O) groups is 1. The third-order valence-electron chi connectivity index (χ3n) is 1.89. The molecular formula is C10H8F4INO3. The second kappa shape index (κ2) is 6.35. The van der Waals surface area contributed by atoms with Crippen LogP contribution in [0.4, 0.5) is 17.6 Å². The smallest absolute Gasteiger partial charge is 0.462 e. The van der Waals surface area contributed by atoms with E-state index in [0.717, 1.165) is 6.20 Å². The molecule has 0 radical (unpaired) electrons. The summed E-state index contributed by atoms with van der Waals surface area (Å²) >= 11 is 1.50. The fourth-order valence-corrected chi connectivity index (χ4v) is 1.76. The molecule has 4 nitrogen and oxygen atoms in total. The molecule has 0 saturated carbocycles. The van der Waals surface area contributed by atoms with Crippen LogP contribution in [0.25, 0.3) is 0 Å². The maximum absolute atomic E-state index is 12.7. The Morgan fingerprint density at radius 2 is 2.11 bits per heavy atom. The first-order chi connectivity index (χ1) is 8.80. The summed E-state index contributed by atoms with van der Waals surface area (Å²) in [6.45, 7) is 0.194. The fourth-order valence-electron chi connectivity index (χ4n) is 1.24. The Morgan fingerprint density at radius 3 is 2.58 bits per heavy atom. The van der Waals surface area contributed by atoms with Crippen LogP contribution in [0, 0.1) is 3.57 Å². The van der Waals surface area contributed by atoms with Gasteiger partial charge in [0.25, 0.3) is 0 Å². The van der Waals surface area contributed by atoms with Crippen molar-refractivity contribution in [3.05, 3.63) is 21.0 Å². The number of rotatable bonds is 4. The molecule has 1 rings (SSSR count). The first-order valence-electron chi connectivity index (χ1n) is 4.96. The van der Waals surface area contributed by atoms with E-state index in [1.165, 1.54) is 29.5 Å². The molecule has 19 heavy (non-hydrogen) atoms. The standard InChI is InChI=1S/C10H8F4INO3/c1-2-18-9(17)7-6(3-11)16-4-5(15)8(7)19-10(12,13)14/h4H,2-3H2,1H3. The molecule has 0 aliphatic rings. The fraction of sp³-hybridized carbons (Fsp3) is 0.400. The van der Waals surface area contributed by atoms with Crippen LogP contribution in [-0.4, -0.2) is 23.9 Å². The van der Waals surface area contributed by atoms with Crippen molar-refractivity contribution in [1.82, 2.24) is 4.98 Å². The SMILES string of the molecule is CCOC(=O)c1c(CF)ncc(I)c1OC(F)(F)F. The zero-order chi connectivity index (χ0) is 14.6. The van der Waals surface area contributed by atoms with E-state index in [1.54, 1.807) is 0 Å². The highest BCUT2D eigenvalue weighted by atomic mass is 127. The average Bonchev–Trinajstić information content (AvgIpc) is 2.30. The molecular weight excluding hydrogens is 385 g/mol. The largest absolute Gasteiger partial charge is 0.573 e. The molecule has 0 spiro atoms. The zero-order valence-corrected chi connectivity index (χ0v) is 11.7. The van der Waals surface area contributed by atoms with E-state index in [-0.39, 0.29) is 10.2 Å². The molecule has 106 valence electrons. The minimum Gasteiger partial charge on any atom is -0.462 e. The van der Waals surface area contributed by atoms with Gasteiger partial charge >= 0.3 is 12.3 Å². The molecule has 0 bridgehead atoms. The minimum atomic E-state index is -5.00. The van der Waals surface area contributed by atoms with E-state index < -0.39 is 36.0 Å². The second-order valence-electron chi connectivity index (χ2n) is 3.16. The Labute approximate surface area is 119 Å². The van der Waals surface area contributed by atoms with Gasteiger partial charge < -0.3 is 9.47 Å². The van der Waals surface area contributed by atoms with E-state index in [9.17, 15) is 22.4 Å². The van der Waals surface area contributed by atoms with Crippen LogP contribution in [0.2, 0.25) is 0 Å². The van der Waals surface area contributed by atoms with Crippen molar-refractivity contribution < 1.29 is 31.8 Å². The molecule has 1 aromatic rings. The molecule has 0 atom stereocenters. The number of nitrogens with zero attached hydrogens (tertiary/aromatic N) is 1. The lowest BCUT2D eigenvalue weighted by atomic mass is 10.2. The summed E-state index contributed by atoms with van der Waals surface area (Å²) in [5.74, 6) is -1.91.